The van der Waals surface area contributed by atoms with Gasteiger partial charge in [-0.1, -0.05) is 12.1 Å². The van der Waals surface area contributed by atoms with Crippen LogP contribution in [0.2, 0.25) is 0 Å². The Bertz CT molecular complexity index is 982. The number of aromatic nitrogens is 1. The zero-order valence-electron chi connectivity index (χ0n) is 16.5. The van der Waals surface area contributed by atoms with Gasteiger partial charge in [0.2, 0.25) is 0 Å². The summed E-state index contributed by atoms with van der Waals surface area (Å²) in [5.41, 5.74) is 1.90. The van der Waals surface area contributed by atoms with Crippen LogP contribution in [0.15, 0.2) is 34.4 Å². The van der Waals surface area contributed by atoms with Gasteiger partial charge in [0.15, 0.2) is 16.9 Å². The maximum Gasteiger partial charge on any atom is 0.343 e. The highest BCUT2D eigenvalue weighted by atomic mass is 16.5. The molecular weight excluding hydrogens is 376 g/mol. The van der Waals surface area contributed by atoms with Crippen molar-refractivity contribution in [2.75, 3.05) is 19.8 Å². The van der Waals surface area contributed by atoms with E-state index in [0.717, 1.165) is 17.5 Å². The minimum absolute atomic E-state index is 0.00506. The molecule has 0 fully saturated rings. The Morgan fingerprint density at radius 1 is 1.31 bits per heavy atom. The SMILES string of the molecule is CCOC(=O)c1cn2c(cc1=O)-c1cc(O)c(OCCCN=O)cc1CC2CC. The van der Waals surface area contributed by atoms with Crippen LogP contribution < -0.4 is 10.2 Å². The number of carbonyl (C=O) groups excluding carboxylic acids is 1. The lowest BCUT2D eigenvalue weighted by Crippen LogP contribution is -2.26. The maximum atomic E-state index is 12.5. The molecule has 0 saturated carbocycles. The van der Waals surface area contributed by atoms with Crippen molar-refractivity contribution in [2.45, 2.75) is 39.2 Å². The van der Waals surface area contributed by atoms with Crippen molar-refractivity contribution < 1.29 is 19.4 Å². The molecule has 0 radical (unpaired) electrons. The van der Waals surface area contributed by atoms with Gasteiger partial charge in [0.25, 0.3) is 0 Å². The number of phenolic OH excluding ortho intramolecular Hbond substituents is 1. The van der Waals surface area contributed by atoms with E-state index in [1.54, 1.807) is 25.3 Å². The van der Waals surface area contributed by atoms with Gasteiger partial charge in [-0.05, 0) is 37.5 Å². The Balaban J connectivity index is 2.02. The third-order valence-electron chi connectivity index (χ3n) is 5.01. The molecule has 1 N–H and O–H groups in total. The predicted molar refractivity (Wildman–Crippen MR) is 108 cm³/mol. The Morgan fingerprint density at radius 2 is 2.10 bits per heavy atom. The lowest BCUT2D eigenvalue weighted by Gasteiger charge is -2.30. The second kappa shape index (κ2) is 8.89. The highest BCUT2D eigenvalue weighted by Crippen LogP contribution is 2.41. The van der Waals surface area contributed by atoms with Gasteiger partial charge in [0.1, 0.15) is 5.56 Å². The minimum Gasteiger partial charge on any atom is -0.504 e. The van der Waals surface area contributed by atoms with E-state index in [-0.39, 0.29) is 37.1 Å². The summed E-state index contributed by atoms with van der Waals surface area (Å²) in [5, 5.41) is 13.2. The van der Waals surface area contributed by atoms with E-state index < -0.39 is 11.4 Å². The van der Waals surface area contributed by atoms with E-state index in [1.807, 2.05) is 11.5 Å². The van der Waals surface area contributed by atoms with Gasteiger partial charge in [-0.25, -0.2) is 4.79 Å². The quantitative estimate of drug-likeness (QED) is 0.413. The van der Waals surface area contributed by atoms with Gasteiger partial charge >= 0.3 is 5.97 Å². The van der Waals surface area contributed by atoms with Crippen LogP contribution in [-0.2, 0) is 11.2 Å². The number of esters is 1. The highest BCUT2D eigenvalue weighted by molar-refractivity contribution is 5.89. The second-order valence-corrected chi connectivity index (χ2v) is 6.86. The number of carbonyl (C=O) groups is 1. The zero-order valence-corrected chi connectivity index (χ0v) is 16.5. The van der Waals surface area contributed by atoms with Gasteiger partial charge in [0.05, 0.1) is 25.5 Å². The smallest absolute Gasteiger partial charge is 0.343 e. The fourth-order valence-corrected chi connectivity index (χ4v) is 3.57. The van der Waals surface area contributed by atoms with Crippen molar-refractivity contribution in [1.29, 1.82) is 0 Å². The van der Waals surface area contributed by atoms with Crippen molar-refractivity contribution in [3.63, 3.8) is 0 Å². The molecule has 1 unspecified atom stereocenters. The number of benzene rings is 1. The Labute approximate surface area is 168 Å². The third kappa shape index (κ3) is 4.16. The lowest BCUT2D eigenvalue weighted by atomic mass is 9.90. The molecule has 1 aliphatic heterocycles. The van der Waals surface area contributed by atoms with Crippen LogP contribution >= 0.6 is 0 Å². The predicted octanol–water partition coefficient (Wildman–Crippen LogP) is 3.44. The minimum atomic E-state index is -0.634. The Morgan fingerprint density at radius 3 is 2.79 bits per heavy atom. The molecule has 154 valence electrons. The second-order valence-electron chi connectivity index (χ2n) is 6.86. The normalized spacial score (nSPS) is 14.6. The van der Waals surface area contributed by atoms with E-state index >= 15 is 0 Å². The summed E-state index contributed by atoms with van der Waals surface area (Å²) in [4.78, 5) is 34.8. The molecule has 1 atom stereocenters. The highest BCUT2D eigenvalue weighted by Gasteiger charge is 2.27. The van der Waals surface area contributed by atoms with E-state index in [4.69, 9.17) is 9.47 Å². The molecular formula is C21H24N2O6. The number of ether oxygens (including phenoxy) is 2. The van der Waals surface area contributed by atoms with Crippen LogP contribution in [0.25, 0.3) is 11.3 Å². The summed E-state index contributed by atoms with van der Waals surface area (Å²) < 4.78 is 12.5. The van der Waals surface area contributed by atoms with Crippen LogP contribution in [0.5, 0.6) is 11.5 Å². The Hall–Kier alpha value is -3.16. The van der Waals surface area contributed by atoms with E-state index in [1.165, 1.54) is 6.07 Å². The van der Waals surface area contributed by atoms with Crippen molar-refractivity contribution in [3.05, 3.63) is 50.7 Å². The molecule has 2 heterocycles. The first-order valence-electron chi connectivity index (χ1n) is 9.71. The first-order chi connectivity index (χ1) is 14.0. The molecule has 2 aromatic rings. The molecule has 0 aliphatic carbocycles. The van der Waals surface area contributed by atoms with E-state index in [0.29, 0.717) is 24.3 Å². The number of fused-ring (bicyclic) bond motifs is 3. The van der Waals surface area contributed by atoms with Crippen LogP contribution in [0.3, 0.4) is 0 Å². The van der Waals surface area contributed by atoms with Gasteiger partial charge in [-0.2, -0.15) is 4.91 Å². The Kier molecular flexibility index (Phi) is 6.31. The number of hydrogen-bond donors (Lipinski definition) is 1. The summed E-state index contributed by atoms with van der Waals surface area (Å²) >= 11 is 0. The molecule has 0 amide bonds. The number of hydrogen-bond acceptors (Lipinski definition) is 7. The van der Waals surface area contributed by atoms with Gasteiger partial charge in [-0.15, -0.1) is 0 Å². The van der Waals surface area contributed by atoms with Crippen LogP contribution in [0.1, 0.15) is 48.7 Å². The van der Waals surface area contributed by atoms with Crippen LogP contribution in [0, 0.1) is 4.91 Å². The average Bonchev–Trinajstić information content (AvgIpc) is 2.71. The first kappa shape index (κ1) is 20.6. The molecule has 0 spiro atoms. The number of aromatic hydroxyl groups is 1. The average molecular weight is 400 g/mol. The molecule has 0 saturated heterocycles. The topological polar surface area (TPSA) is 107 Å². The zero-order chi connectivity index (χ0) is 21.0. The van der Waals surface area contributed by atoms with Crippen molar-refractivity contribution in [2.24, 2.45) is 5.18 Å². The van der Waals surface area contributed by atoms with E-state index in [2.05, 4.69) is 5.18 Å². The van der Waals surface area contributed by atoms with Gasteiger partial charge < -0.3 is 19.1 Å². The standard InChI is InChI=1S/C21H24N2O6/c1-3-14-8-13-9-20(29-7-5-6-22-27)19(25)10-15(13)17-11-18(24)16(12-23(14)17)21(26)28-4-2/h9-12,14,25H,3-8H2,1-2H3. The van der Waals surface area contributed by atoms with Crippen molar-refractivity contribution >= 4 is 5.97 Å². The number of rotatable bonds is 8. The molecule has 0 bridgehead atoms. The number of phenols is 1. The number of pyridine rings is 1. The summed E-state index contributed by atoms with van der Waals surface area (Å²) in [5.74, 6) is -0.348. The molecule has 1 aromatic carbocycles. The molecule has 1 aliphatic rings. The lowest BCUT2D eigenvalue weighted by molar-refractivity contribution is 0.0523. The summed E-state index contributed by atoms with van der Waals surface area (Å²) in [6.45, 7) is 4.35. The molecule has 3 rings (SSSR count). The number of nitroso groups, excluding NO2 is 1. The van der Waals surface area contributed by atoms with Crippen molar-refractivity contribution in [1.82, 2.24) is 4.57 Å². The van der Waals surface area contributed by atoms with Crippen molar-refractivity contribution in [3.8, 4) is 22.8 Å². The largest absolute Gasteiger partial charge is 0.504 e. The fourth-order valence-electron chi connectivity index (χ4n) is 3.57. The summed E-state index contributed by atoms with van der Waals surface area (Å²) in [6.07, 6.45) is 3.48. The monoisotopic (exact) mass is 400 g/mol. The van der Waals surface area contributed by atoms with Crippen LogP contribution in [-0.4, -0.2) is 35.4 Å². The molecule has 29 heavy (non-hydrogen) atoms. The van der Waals surface area contributed by atoms with Gasteiger partial charge in [0, 0.05) is 30.3 Å². The summed E-state index contributed by atoms with van der Waals surface area (Å²) in [6, 6.07) is 4.81. The molecule has 8 nitrogen and oxygen atoms in total. The third-order valence-corrected chi connectivity index (χ3v) is 5.01. The summed E-state index contributed by atoms with van der Waals surface area (Å²) in [7, 11) is 0. The molecule has 8 heteroatoms. The van der Waals surface area contributed by atoms with Crippen LogP contribution in [0.4, 0.5) is 0 Å². The van der Waals surface area contributed by atoms with Gasteiger partial charge in [-0.3, -0.25) is 4.79 Å². The molecule has 1 aromatic heterocycles. The van der Waals surface area contributed by atoms with E-state index in [9.17, 15) is 19.6 Å². The first-order valence-corrected chi connectivity index (χ1v) is 9.71. The maximum absolute atomic E-state index is 12.5. The number of nitrogens with zero attached hydrogens (tertiary/aromatic N) is 2. The fraction of sp³-hybridized carbons (Fsp3) is 0.429.